The van der Waals surface area contributed by atoms with Crippen molar-refractivity contribution in [2.24, 2.45) is 5.92 Å². The van der Waals surface area contributed by atoms with Gasteiger partial charge in [0.15, 0.2) is 23.0 Å². The van der Waals surface area contributed by atoms with Crippen molar-refractivity contribution < 1.29 is 46.1 Å². The number of nitrogens with zero attached hydrogens (tertiary/aromatic N) is 2. The number of hydrogen-bond acceptors (Lipinski definition) is 8. The molecule has 13 heteroatoms. The molecule has 41 heavy (non-hydrogen) atoms. The summed E-state index contributed by atoms with van der Waals surface area (Å²) in [6.45, 7) is 4.92. The lowest BCUT2D eigenvalue weighted by molar-refractivity contribution is -0.156. The average molecular weight is 582 g/mol. The molecule has 3 aromatic rings. The van der Waals surface area contributed by atoms with E-state index in [1.807, 2.05) is 23.1 Å². The van der Waals surface area contributed by atoms with Crippen LogP contribution in [0.5, 0.6) is 5.75 Å². The number of piperidine rings is 1. The van der Waals surface area contributed by atoms with E-state index in [0.29, 0.717) is 43.0 Å². The van der Waals surface area contributed by atoms with E-state index in [4.69, 9.17) is 13.9 Å². The summed E-state index contributed by atoms with van der Waals surface area (Å²) in [5, 5.41) is 13.3. The lowest BCUT2D eigenvalue weighted by atomic mass is 9.95. The molecule has 2 N–H and O–H groups in total. The first-order valence-electron chi connectivity index (χ1n) is 13.1. The van der Waals surface area contributed by atoms with Gasteiger partial charge in [-0.05, 0) is 45.7 Å². The molecule has 2 heterocycles. The summed E-state index contributed by atoms with van der Waals surface area (Å²) < 4.78 is 71.0. The summed E-state index contributed by atoms with van der Waals surface area (Å²) in [5.74, 6) is -10.0. The number of halogens is 4. The first kappa shape index (κ1) is 30.1. The highest BCUT2D eigenvalue weighted by Crippen LogP contribution is 2.28. The number of oxazole rings is 1. The molecular formula is C28H31F4N3O6. The number of anilines is 1. The molecule has 9 nitrogen and oxygen atoms in total. The van der Waals surface area contributed by atoms with Gasteiger partial charge < -0.3 is 29.2 Å². The van der Waals surface area contributed by atoms with Crippen molar-refractivity contribution in [3.8, 4) is 5.75 Å². The van der Waals surface area contributed by atoms with Crippen LogP contribution < -0.4 is 15.0 Å². The van der Waals surface area contributed by atoms with Crippen LogP contribution in [0.3, 0.4) is 0 Å². The molecule has 1 amide bonds. The van der Waals surface area contributed by atoms with Crippen molar-refractivity contribution in [1.29, 1.82) is 0 Å². The molecule has 1 fully saturated rings. The van der Waals surface area contributed by atoms with E-state index in [-0.39, 0.29) is 6.07 Å². The highest BCUT2D eigenvalue weighted by atomic mass is 19.2. The van der Waals surface area contributed by atoms with Crippen molar-refractivity contribution >= 4 is 29.0 Å². The third-order valence-corrected chi connectivity index (χ3v) is 6.49. The fourth-order valence-electron chi connectivity index (χ4n) is 4.44. The van der Waals surface area contributed by atoms with E-state index < -0.39 is 77.6 Å². The molecule has 0 bridgehead atoms. The van der Waals surface area contributed by atoms with Gasteiger partial charge in [0.25, 0.3) is 6.01 Å². The molecule has 1 unspecified atom stereocenters. The van der Waals surface area contributed by atoms with Gasteiger partial charge in [-0.15, -0.1) is 0 Å². The molecule has 0 radical (unpaired) electrons. The van der Waals surface area contributed by atoms with Crippen LogP contribution in [0.2, 0.25) is 0 Å². The first-order chi connectivity index (χ1) is 19.3. The number of para-hydroxylation sites is 2. The van der Waals surface area contributed by atoms with E-state index in [1.54, 1.807) is 26.8 Å². The number of fused-ring (bicyclic) bond motifs is 1. The largest absolute Gasteiger partial charge is 0.485 e. The SMILES string of the molecule is CC(C)(C)OC(=O)C[C@H](NC(=O)C1CCN(c2nc3ccccc3o2)CC1)C(O)COc1c(F)c(F)cc(F)c1F. The Morgan fingerprint density at radius 2 is 1.76 bits per heavy atom. The lowest BCUT2D eigenvalue weighted by Crippen LogP contribution is -2.50. The minimum atomic E-state index is -1.78. The van der Waals surface area contributed by atoms with Gasteiger partial charge in [0.1, 0.15) is 23.8 Å². The lowest BCUT2D eigenvalue weighted by Gasteiger charge is -2.32. The number of rotatable bonds is 9. The molecular weight excluding hydrogens is 550 g/mol. The maximum absolute atomic E-state index is 14.0. The van der Waals surface area contributed by atoms with Crippen LogP contribution in [0.25, 0.3) is 11.1 Å². The topological polar surface area (TPSA) is 114 Å². The fourth-order valence-corrected chi connectivity index (χ4v) is 4.44. The highest BCUT2D eigenvalue weighted by Gasteiger charge is 2.33. The van der Waals surface area contributed by atoms with Crippen LogP contribution in [0.4, 0.5) is 23.6 Å². The molecule has 222 valence electrons. The summed E-state index contributed by atoms with van der Waals surface area (Å²) >= 11 is 0. The van der Waals surface area contributed by atoms with Crippen molar-refractivity contribution in [2.45, 2.75) is 57.8 Å². The number of aliphatic hydroxyl groups is 1. The average Bonchev–Trinajstić information content (AvgIpc) is 3.35. The summed E-state index contributed by atoms with van der Waals surface area (Å²) in [5.41, 5.74) is 0.490. The number of ether oxygens (including phenoxy) is 2. The molecule has 2 aromatic carbocycles. The fraction of sp³-hybridized carbons (Fsp3) is 0.464. The number of amides is 1. The molecule has 1 aliphatic rings. The monoisotopic (exact) mass is 581 g/mol. The van der Waals surface area contributed by atoms with Gasteiger partial charge >= 0.3 is 5.97 Å². The van der Waals surface area contributed by atoms with Gasteiger partial charge in [-0.3, -0.25) is 9.59 Å². The van der Waals surface area contributed by atoms with Crippen molar-refractivity contribution in [1.82, 2.24) is 10.3 Å². The van der Waals surface area contributed by atoms with E-state index in [9.17, 15) is 32.3 Å². The van der Waals surface area contributed by atoms with Gasteiger partial charge in [-0.2, -0.15) is 13.8 Å². The zero-order valence-corrected chi connectivity index (χ0v) is 22.8. The maximum Gasteiger partial charge on any atom is 0.308 e. The van der Waals surface area contributed by atoms with Gasteiger partial charge in [-0.25, -0.2) is 8.78 Å². The van der Waals surface area contributed by atoms with Crippen LogP contribution in [-0.4, -0.2) is 59.4 Å². The highest BCUT2D eigenvalue weighted by molar-refractivity contribution is 5.80. The Morgan fingerprint density at radius 1 is 1.12 bits per heavy atom. The normalized spacial score (nSPS) is 16.0. The number of esters is 1. The second kappa shape index (κ2) is 12.3. The second-order valence-corrected chi connectivity index (χ2v) is 10.8. The Morgan fingerprint density at radius 3 is 2.37 bits per heavy atom. The third kappa shape index (κ3) is 7.46. The Bertz CT molecular complexity index is 1340. The van der Waals surface area contributed by atoms with Gasteiger partial charge in [0.05, 0.1) is 12.5 Å². The molecule has 0 spiro atoms. The standard InChI is InChI=1S/C28H31F4N3O6/c1-28(2,3)41-22(37)13-19(20(36)14-39-25-23(31)16(29)12-17(30)24(25)32)33-26(38)15-8-10-35(11-9-15)27-34-18-6-4-5-7-21(18)40-27/h4-7,12,15,19-20,36H,8-11,13-14H2,1-3H3,(H,33,38)/t19-,20?/m0/s1. The summed E-state index contributed by atoms with van der Waals surface area (Å²) in [7, 11) is 0. The van der Waals surface area contributed by atoms with Crippen LogP contribution in [0.1, 0.15) is 40.0 Å². The number of nitrogens with one attached hydrogen (secondary N) is 1. The Hall–Kier alpha value is -3.87. The number of benzene rings is 2. The van der Waals surface area contributed by atoms with E-state index in [1.165, 1.54) is 0 Å². The van der Waals surface area contributed by atoms with Crippen LogP contribution in [0.15, 0.2) is 34.7 Å². The van der Waals surface area contributed by atoms with Crippen LogP contribution in [0, 0.1) is 29.2 Å². The van der Waals surface area contributed by atoms with E-state index in [2.05, 4.69) is 10.3 Å². The number of hydrogen-bond donors (Lipinski definition) is 2. The van der Waals surface area contributed by atoms with Gasteiger partial charge in [0, 0.05) is 25.1 Å². The minimum absolute atomic E-state index is 0.0229. The Balaban J connectivity index is 1.41. The quantitative estimate of drug-likeness (QED) is 0.219. The molecule has 0 saturated carbocycles. The Labute approximate surface area is 233 Å². The van der Waals surface area contributed by atoms with Crippen molar-refractivity contribution in [2.75, 3.05) is 24.6 Å². The van der Waals surface area contributed by atoms with Gasteiger partial charge in [0.2, 0.25) is 17.5 Å². The summed E-state index contributed by atoms with van der Waals surface area (Å²) in [6.07, 6.45) is -1.38. The van der Waals surface area contributed by atoms with E-state index in [0.717, 1.165) is 0 Å². The predicted octanol–water partition coefficient (Wildman–Crippen LogP) is 4.26. The first-order valence-corrected chi connectivity index (χ1v) is 13.1. The molecule has 4 rings (SSSR count). The number of aliphatic hydroxyl groups excluding tert-OH is 1. The smallest absolute Gasteiger partial charge is 0.308 e. The van der Waals surface area contributed by atoms with Gasteiger partial charge in [-0.1, -0.05) is 12.1 Å². The Kier molecular flexibility index (Phi) is 9.05. The summed E-state index contributed by atoms with van der Waals surface area (Å²) in [4.78, 5) is 32.0. The molecule has 1 saturated heterocycles. The second-order valence-electron chi connectivity index (χ2n) is 10.8. The molecule has 0 aliphatic carbocycles. The van der Waals surface area contributed by atoms with Crippen molar-refractivity contribution in [3.63, 3.8) is 0 Å². The maximum atomic E-state index is 14.0. The minimum Gasteiger partial charge on any atom is -0.485 e. The van der Waals surface area contributed by atoms with Crippen LogP contribution in [-0.2, 0) is 14.3 Å². The zero-order chi connectivity index (χ0) is 29.9. The number of carbonyl (C=O) groups is 2. The van der Waals surface area contributed by atoms with Crippen molar-refractivity contribution in [3.05, 3.63) is 53.6 Å². The van der Waals surface area contributed by atoms with Crippen LogP contribution >= 0.6 is 0 Å². The number of aromatic nitrogens is 1. The zero-order valence-electron chi connectivity index (χ0n) is 22.8. The summed E-state index contributed by atoms with van der Waals surface area (Å²) in [6, 6.07) is 6.49. The number of carbonyl (C=O) groups excluding carboxylic acids is 2. The third-order valence-electron chi connectivity index (χ3n) is 6.49. The van der Waals surface area contributed by atoms with E-state index >= 15 is 0 Å². The molecule has 1 aliphatic heterocycles. The molecule has 1 aromatic heterocycles. The predicted molar refractivity (Wildman–Crippen MR) is 139 cm³/mol. The molecule has 2 atom stereocenters.